The van der Waals surface area contributed by atoms with Gasteiger partial charge in [-0.05, 0) is 50.9 Å². The van der Waals surface area contributed by atoms with Gasteiger partial charge in [-0.1, -0.05) is 47.5 Å². The summed E-state index contributed by atoms with van der Waals surface area (Å²) in [5.74, 6) is 2.40. The third kappa shape index (κ3) is 4.96. The van der Waals surface area contributed by atoms with Crippen LogP contribution in [0.5, 0.6) is 0 Å². The monoisotopic (exact) mass is 296 g/mol. The van der Waals surface area contributed by atoms with Crippen LogP contribution >= 0.6 is 0 Å². The van der Waals surface area contributed by atoms with E-state index in [0.717, 1.165) is 17.8 Å². The zero-order valence-corrected chi connectivity index (χ0v) is 15.6. The molecule has 0 heterocycles. The highest BCUT2D eigenvalue weighted by Crippen LogP contribution is 2.38. The first-order valence-corrected chi connectivity index (χ1v) is 9.50. The predicted octanol–water partition coefficient (Wildman–Crippen LogP) is 4.59. The van der Waals surface area contributed by atoms with Gasteiger partial charge >= 0.3 is 0 Å². The van der Waals surface area contributed by atoms with Crippen molar-refractivity contribution in [1.82, 2.24) is 10.6 Å². The molecule has 2 N–H and O–H groups in total. The Balaban J connectivity index is 2.89. The molecule has 0 aromatic carbocycles. The topological polar surface area (TPSA) is 24.1 Å². The molecule has 1 aliphatic rings. The summed E-state index contributed by atoms with van der Waals surface area (Å²) >= 11 is 0. The summed E-state index contributed by atoms with van der Waals surface area (Å²) in [4.78, 5) is 0. The number of hydrogen-bond donors (Lipinski definition) is 2. The second kappa shape index (κ2) is 9.15. The van der Waals surface area contributed by atoms with Crippen LogP contribution in [0.1, 0.15) is 80.6 Å². The summed E-state index contributed by atoms with van der Waals surface area (Å²) in [5.41, 5.74) is 0. The standard InChI is InChI=1S/C19H40N2/c1-8-14(6)20-18-13(5)12-16(10-3)19(17(18)11-4)21-15(7)9-2/h13-21H,8-12H2,1-7H3. The summed E-state index contributed by atoms with van der Waals surface area (Å²) < 4.78 is 0. The fourth-order valence-electron chi connectivity index (χ4n) is 4.13. The van der Waals surface area contributed by atoms with Crippen molar-refractivity contribution >= 4 is 0 Å². The average molecular weight is 297 g/mol. The molecule has 0 bridgehead atoms. The van der Waals surface area contributed by atoms with E-state index in [1.165, 1.54) is 32.1 Å². The summed E-state index contributed by atoms with van der Waals surface area (Å²) in [6.07, 6.45) is 6.41. The van der Waals surface area contributed by atoms with Crippen molar-refractivity contribution in [2.75, 3.05) is 0 Å². The zero-order valence-electron chi connectivity index (χ0n) is 15.6. The van der Waals surface area contributed by atoms with E-state index in [0.29, 0.717) is 24.2 Å². The fourth-order valence-corrected chi connectivity index (χ4v) is 4.13. The van der Waals surface area contributed by atoms with Crippen molar-refractivity contribution in [3.05, 3.63) is 0 Å². The third-order valence-electron chi connectivity index (χ3n) is 5.89. The molecule has 1 fully saturated rings. The van der Waals surface area contributed by atoms with Gasteiger partial charge in [0.2, 0.25) is 0 Å². The van der Waals surface area contributed by atoms with Crippen molar-refractivity contribution in [3.63, 3.8) is 0 Å². The maximum Gasteiger partial charge on any atom is 0.0141 e. The molecule has 0 amide bonds. The molecule has 0 saturated heterocycles. The molecule has 0 aliphatic heterocycles. The summed E-state index contributed by atoms with van der Waals surface area (Å²) in [5, 5.41) is 7.92. The van der Waals surface area contributed by atoms with Crippen molar-refractivity contribution in [1.29, 1.82) is 0 Å². The molecular weight excluding hydrogens is 256 g/mol. The highest BCUT2D eigenvalue weighted by molar-refractivity contribution is 4.98. The van der Waals surface area contributed by atoms with Crippen LogP contribution in [0.4, 0.5) is 0 Å². The lowest BCUT2D eigenvalue weighted by Crippen LogP contribution is -2.59. The number of hydrogen-bond acceptors (Lipinski definition) is 2. The smallest absolute Gasteiger partial charge is 0.0141 e. The average Bonchev–Trinajstić information content (AvgIpc) is 2.49. The van der Waals surface area contributed by atoms with Crippen molar-refractivity contribution in [2.45, 2.75) is 105 Å². The Hall–Kier alpha value is -0.0800. The first-order valence-electron chi connectivity index (χ1n) is 9.50. The Morgan fingerprint density at radius 2 is 1.38 bits per heavy atom. The maximum atomic E-state index is 3.97. The van der Waals surface area contributed by atoms with Crippen LogP contribution in [0.2, 0.25) is 0 Å². The van der Waals surface area contributed by atoms with Gasteiger partial charge in [-0.15, -0.1) is 0 Å². The SMILES string of the molecule is CCC(C)NC1C(C)CC(CC)C(NC(C)CC)C1CC. The molecular formula is C19H40N2. The molecule has 2 nitrogen and oxygen atoms in total. The highest BCUT2D eigenvalue weighted by atomic mass is 15.0. The van der Waals surface area contributed by atoms with Gasteiger partial charge in [-0.2, -0.15) is 0 Å². The molecule has 126 valence electrons. The number of rotatable bonds is 8. The molecule has 0 spiro atoms. The molecule has 1 rings (SSSR count). The first-order chi connectivity index (χ1) is 9.98. The lowest BCUT2D eigenvalue weighted by Gasteiger charge is -2.48. The van der Waals surface area contributed by atoms with E-state index in [2.05, 4.69) is 59.1 Å². The number of nitrogens with one attached hydrogen (secondary N) is 2. The molecule has 21 heavy (non-hydrogen) atoms. The predicted molar refractivity (Wildman–Crippen MR) is 94.7 cm³/mol. The minimum Gasteiger partial charge on any atom is -0.311 e. The van der Waals surface area contributed by atoms with Crippen LogP contribution in [0, 0.1) is 17.8 Å². The van der Waals surface area contributed by atoms with Crippen LogP contribution in [0.15, 0.2) is 0 Å². The van der Waals surface area contributed by atoms with E-state index < -0.39 is 0 Å². The molecule has 7 unspecified atom stereocenters. The van der Waals surface area contributed by atoms with Crippen LogP contribution in [0.25, 0.3) is 0 Å². The highest BCUT2D eigenvalue weighted by Gasteiger charge is 2.41. The Morgan fingerprint density at radius 3 is 1.81 bits per heavy atom. The quantitative estimate of drug-likeness (QED) is 0.684. The summed E-state index contributed by atoms with van der Waals surface area (Å²) in [6.45, 7) is 16.5. The van der Waals surface area contributed by atoms with E-state index in [1.54, 1.807) is 0 Å². The Morgan fingerprint density at radius 1 is 0.857 bits per heavy atom. The maximum absolute atomic E-state index is 3.97. The van der Waals surface area contributed by atoms with E-state index >= 15 is 0 Å². The van der Waals surface area contributed by atoms with Gasteiger partial charge in [0.25, 0.3) is 0 Å². The van der Waals surface area contributed by atoms with Gasteiger partial charge in [0.15, 0.2) is 0 Å². The van der Waals surface area contributed by atoms with Gasteiger partial charge in [0.05, 0.1) is 0 Å². The van der Waals surface area contributed by atoms with Crippen LogP contribution in [-0.4, -0.2) is 24.2 Å². The van der Waals surface area contributed by atoms with E-state index in [4.69, 9.17) is 0 Å². The van der Waals surface area contributed by atoms with Crippen molar-refractivity contribution in [2.24, 2.45) is 17.8 Å². The Kier molecular flexibility index (Phi) is 8.26. The minimum atomic E-state index is 0.633. The lowest BCUT2D eigenvalue weighted by atomic mass is 9.66. The van der Waals surface area contributed by atoms with Crippen LogP contribution in [-0.2, 0) is 0 Å². The fraction of sp³-hybridized carbons (Fsp3) is 1.00. The summed E-state index contributed by atoms with van der Waals surface area (Å²) in [7, 11) is 0. The second-order valence-corrected chi connectivity index (χ2v) is 7.46. The van der Waals surface area contributed by atoms with Crippen LogP contribution in [0.3, 0.4) is 0 Å². The molecule has 2 heteroatoms. The van der Waals surface area contributed by atoms with Gasteiger partial charge in [-0.25, -0.2) is 0 Å². The van der Waals surface area contributed by atoms with E-state index in [-0.39, 0.29) is 0 Å². The van der Waals surface area contributed by atoms with E-state index in [9.17, 15) is 0 Å². The van der Waals surface area contributed by atoms with Crippen molar-refractivity contribution in [3.8, 4) is 0 Å². The third-order valence-corrected chi connectivity index (χ3v) is 5.89. The Labute approximate surface area is 133 Å². The van der Waals surface area contributed by atoms with Gasteiger partial charge in [0.1, 0.15) is 0 Å². The first kappa shape index (κ1) is 19.0. The largest absolute Gasteiger partial charge is 0.311 e. The molecule has 7 atom stereocenters. The Bertz CT molecular complexity index is 279. The second-order valence-electron chi connectivity index (χ2n) is 7.46. The summed E-state index contributed by atoms with van der Waals surface area (Å²) in [6, 6.07) is 2.63. The normalized spacial score (nSPS) is 36.4. The zero-order chi connectivity index (χ0) is 16.0. The molecule has 0 radical (unpaired) electrons. The minimum absolute atomic E-state index is 0.633. The molecule has 0 aromatic heterocycles. The van der Waals surface area contributed by atoms with Gasteiger partial charge < -0.3 is 10.6 Å². The molecule has 0 aromatic rings. The van der Waals surface area contributed by atoms with Gasteiger partial charge in [-0.3, -0.25) is 0 Å². The van der Waals surface area contributed by atoms with Gasteiger partial charge in [0, 0.05) is 24.2 Å². The lowest BCUT2D eigenvalue weighted by molar-refractivity contribution is 0.0764. The van der Waals surface area contributed by atoms with Crippen molar-refractivity contribution < 1.29 is 0 Å². The molecule has 1 saturated carbocycles. The van der Waals surface area contributed by atoms with E-state index in [1.807, 2.05) is 0 Å². The molecule has 1 aliphatic carbocycles. The van der Waals surface area contributed by atoms with Crippen LogP contribution < -0.4 is 10.6 Å².